The molecule has 178 valence electrons. The van der Waals surface area contributed by atoms with E-state index in [2.05, 4.69) is 21.9 Å². The van der Waals surface area contributed by atoms with E-state index in [0.717, 1.165) is 0 Å². The van der Waals surface area contributed by atoms with Crippen LogP contribution in [0.1, 0.15) is 13.8 Å². The number of halogens is 2. The van der Waals surface area contributed by atoms with Crippen LogP contribution in [0.3, 0.4) is 0 Å². The number of anilines is 1. The smallest absolute Gasteiger partial charge is 0.266 e. The zero-order chi connectivity index (χ0) is 25.2. The molecule has 3 aromatic rings. The Morgan fingerprint density at radius 2 is 1.62 bits per heavy atom. The van der Waals surface area contributed by atoms with Crippen molar-refractivity contribution in [3.05, 3.63) is 68.1 Å². The average molecular weight is 505 g/mol. The van der Waals surface area contributed by atoms with Gasteiger partial charge < -0.3 is 19.5 Å². The van der Waals surface area contributed by atoms with E-state index in [0.29, 0.717) is 44.9 Å². The lowest BCUT2D eigenvalue weighted by Crippen LogP contribution is -2.10. The number of nitro groups is 1. The number of hydrogen-bond acceptors (Lipinski definition) is 8. The van der Waals surface area contributed by atoms with Crippen molar-refractivity contribution in [2.24, 2.45) is 0 Å². The molecule has 1 N–H and O–H groups in total. The molecule has 0 fully saturated rings. The summed E-state index contributed by atoms with van der Waals surface area (Å²) in [5.74, 6) is 1.38. The lowest BCUT2D eigenvalue weighted by atomic mass is 10.0. The summed E-state index contributed by atoms with van der Waals surface area (Å²) in [6.07, 6.45) is 1.57. The van der Waals surface area contributed by atoms with Gasteiger partial charge in [0.2, 0.25) is 5.95 Å². The maximum Gasteiger partial charge on any atom is 0.266 e. The van der Waals surface area contributed by atoms with E-state index in [9.17, 15) is 10.1 Å². The molecular weight excluding hydrogens is 483 g/mol. The number of methoxy groups -OCH3 is 3. The number of aromatic nitrogens is 2. The molecule has 1 heterocycles. The van der Waals surface area contributed by atoms with Crippen LogP contribution in [-0.4, -0.2) is 36.2 Å². The molecule has 3 rings (SSSR count). The molecule has 0 radical (unpaired) electrons. The first-order valence-corrected chi connectivity index (χ1v) is 10.6. The Morgan fingerprint density at radius 3 is 2.12 bits per heavy atom. The van der Waals surface area contributed by atoms with Crippen LogP contribution in [0.2, 0.25) is 10.0 Å². The molecule has 0 atom stereocenters. The number of nitrogens with one attached hydrogen (secondary N) is 1. The number of ether oxygens (including phenoxy) is 3. The minimum atomic E-state index is -0.497. The van der Waals surface area contributed by atoms with Crippen LogP contribution in [0.4, 0.5) is 5.95 Å². The second kappa shape index (κ2) is 10.1. The van der Waals surface area contributed by atoms with Crippen LogP contribution < -0.4 is 19.5 Å². The molecule has 34 heavy (non-hydrogen) atoms. The fourth-order valence-electron chi connectivity index (χ4n) is 3.32. The van der Waals surface area contributed by atoms with Gasteiger partial charge in [0.05, 0.1) is 41.8 Å². The third kappa shape index (κ3) is 4.71. The summed E-state index contributed by atoms with van der Waals surface area (Å²) in [5.41, 5.74) is 2.19. The normalized spacial score (nSPS) is 11.6. The van der Waals surface area contributed by atoms with Crippen LogP contribution in [0.25, 0.3) is 22.0 Å². The maximum absolute atomic E-state index is 11.2. The summed E-state index contributed by atoms with van der Waals surface area (Å²) in [6, 6.07) is 5.07. The summed E-state index contributed by atoms with van der Waals surface area (Å²) in [5, 5.41) is 15.3. The molecule has 2 aromatic carbocycles. The van der Waals surface area contributed by atoms with Crippen LogP contribution in [-0.2, 0) is 0 Å². The van der Waals surface area contributed by atoms with Crippen LogP contribution >= 0.6 is 23.2 Å². The second-order valence-corrected chi connectivity index (χ2v) is 7.97. The Morgan fingerprint density at radius 1 is 1.03 bits per heavy atom. The number of allylic oxidation sites excluding steroid dienone is 2. The second-order valence-electron chi connectivity index (χ2n) is 7.21. The van der Waals surface area contributed by atoms with E-state index in [4.69, 9.17) is 37.4 Å². The SMILES string of the molecule is C=C(C)/C(Nc1ncc2cc(-c3c(Cl)c(OC)cc(OC)c3Cl)c(OC)cc2n1)=C(\C)[N+](=O)[O-]. The van der Waals surface area contributed by atoms with E-state index >= 15 is 0 Å². The zero-order valence-electron chi connectivity index (χ0n) is 19.2. The molecule has 9 nitrogen and oxygen atoms in total. The van der Waals surface area contributed by atoms with Gasteiger partial charge in [-0.25, -0.2) is 9.97 Å². The van der Waals surface area contributed by atoms with Gasteiger partial charge >= 0.3 is 0 Å². The van der Waals surface area contributed by atoms with Gasteiger partial charge in [-0.3, -0.25) is 10.1 Å². The van der Waals surface area contributed by atoms with Crippen LogP contribution in [0.15, 0.2) is 47.9 Å². The number of fused-ring (bicyclic) bond motifs is 1. The lowest BCUT2D eigenvalue weighted by molar-refractivity contribution is -0.425. The third-order valence-corrected chi connectivity index (χ3v) is 5.79. The molecule has 0 amide bonds. The topological polar surface area (TPSA) is 109 Å². The highest BCUT2D eigenvalue weighted by Gasteiger charge is 2.22. The standard InChI is InChI=1S/C23H22Cl2N4O5/c1-11(2)22(12(3)29(30)31)28-23-26-10-13-7-14(16(32-4)8-15(13)27-23)19-20(24)17(33-5)9-18(34-6)21(19)25/h7-10H,1H2,2-6H3,(H,26,27,28)/b22-12-. The Labute approximate surface area is 206 Å². The fourth-order valence-corrected chi connectivity index (χ4v) is 4.02. The Balaban J connectivity index is 2.19. The van der Waals surface area contributed by atoms with Gasteiger partial charge in [0.25, 0.3) is 5.70 Å². The maximum atomic E-state index is 11.2. The molecule has 11 heteroatoms. The molecule has 0 spiro atoms. The Bertz CT molecular complexity index is 1310. The lowest BCUT2D eigenvalue weighted by Gasteiger charge is -2.17. The van der Waals surface area contributed by atoms with Gasteiger partial charge in [-0.05, 0) is 18.6 Å². The fraction of sp³-hybridized carbons (Fsp3) is 0.217. The minimum Gasteiger partial charge on any atom is -0.496 e. The molecule has 0 saturated carbocycles. The average Bonchev–Trinajstić information content (AvgIpc) is 2.81. The van der Waals surface area contributed by atoms with Gasteiger partial charge in [0, 0.05) is 41.8 Å². The quantitative estimate of drug-likeness (QED) is 0.221. The molecule has 0 aliphatic rings. The van der Waals surface area contributed by atoms with Crippen molar-refractivity contribution in [3.8, 4) is 28.4 Å². The summed E-state index contributed by atoms with van der Waals surface area (Å²) in [4.78, 5) is 19.5. The van der Waals surface area contributed by atoms with Gasteiger partial charge in [-0.15, -0.1) is 0 Å². The zero-order valence-corrected chi connectivity index (χ0v) is 20.7. The summed E-state index contributed by atoms with van der Waals surface area (Å²) in [7, 11) is 4.49. The van der Waals surface area contributed by atoms with Gasteiger partial charge in [-0.1, -0.05) is 29.8 Å². The first kappa shape index (κ1) is 25.1. The van der Waals surface area contributed by atoms with Crippen molar-refractivity contribution in [1.82, 2.24) is 9.97 Å². The first-order chi connectivity index (χ1) is 16.1. The Hall–Kier alpha value is -3.56. The molecule has 0 bridgehead atoms. The van der Waals surface area contributed by atoms with Gasteiger partial charge in [0.15, 0.2) is 0 Å². The van der Waals surface area contributed by atoms with Crippen molar-refractivity contribution in [3.63, 3.8) is 0 Å². The molecule has 0 saturated heterocycles. The van der Waals surface area contributed by atoms with E-state index < -0.39 is 4.92 Å². The van der Waals surface area contributed by atoms with Crippen molar-refractivity contribution >= 4 is 40.1 Å². The van der Waals surface area contributed by atoms with Crippen molar-refractivity contribution in [1.29, 1.82) is 0 Å². The van der Waals surface area contributed by atoms with E-state index in [-0.39, 0.29) is 27.4 Å². The summed E-state index contributed by atoms with van der Waals surface area (Å²) >= 11 is 13.2. The van der Waals surface area contributed by atoms with Crippen molar-refractivity contribution in [2.75, 3.05) is 26.6 Å². The summed E-state index contributed by atoms with van der Waals surface area (Å²) < 4.78 is 16.3. The van der Waals surface area contributed by atoms with Crippen molar-refractivity contribution in [2.45, 2.75) is 13.8 Å². The van der Waals surface area contributed by atoms with E-state index in [1.54, 1.807) is 31.3 Å². The minimum absolute atomic E-state index is 0.0969. The molecule has 0 aliphatic carbocycles. The number of nitrogens with zero attached hydrogens (tertiary/aromatic N) is 3. The first-order valence-electron chi connectivity index (χ1n) is 9.86. The predicted molar refractivity (Wildman–Crippen MR) is 133 cm³/mol. The number of rotatable bonds is 8. The van der Waals surface area contributed by atoms with E-state index in [1.807, 2.05) is 0 Å². The Kier molecular flexibility index (Phi) is 7.48. The third-order valence-electron chi connectivity index (χ3n) is 5.04. The number of benzene rings is 2. The van der Waals surface area contributed by atoms with Crippen molar-refractivity contribution < 1.29 is 19.1 Å². The molecular formula is C23H22Cl2N4O5. The largest absolute Gasteiger partial charge is 0.496 e. The number of hydrogen-bond donors (Lipinski definition) is 1. The predicted octanol–water partition coefficient (Wildman–Crippen LogP) is 6.13. The molecule has 0 unspecified atom stereocenters. The van der Waals surface area contributed by atoms with Gasteiger partial charge in [-0.2, -0.15) is 0 Å². The van der Waals surface area contributed by atoms with Gasteiger partial charge in [0.1, 0.15) is 22.9 Å². The monoisotopic (exact) mass is 504 g/mol. The summed E-state index contributed by atoms with van der Waals surface area (Å²) in [6.45, 7) is 6.82. The van der Waals surface area contributed by atoms with Crippen LogP contribution in [0, 0.1) is 10.1 Å². The molecule has 1 aromatic heterocycles. The highest BCUT2D eigenvalue weighted by molar-refractivity contribution is 6.41. The van der Waals surface area contributed by atoms with Crippen LogP contribution in [0.5, 0.6) is 17.2 Å². The van der Waals surface area contributed by atoms with E-state index in [1.165, 1.54) is 28.3 Å². The highest BCUT2D eigenvalue weighted by Crippen LogP contribution is 2.49. The highest BCUT2D eigenvalue weighted by atomic mass is 35.5. The molecule has 0 aliphatic heterocycles.